The Hall–Kier alpha value is -5.40. The van der Waals surface area contributed by atoms with E-state index in [2.05, 4.69) is 88.9 Å². The molecule has 0 saturated heterocycles. The van der Waals surface area contributed by atoms with Gasteiger partial charge in [0.25, 0.3) is 5.91 Å². The van der Waals surface area contributed by atoms with Crippen molar-refractivity contribution in [2.75, 3.05) is 12.0 Å². The molecule has 7 heteroatoms. The Bertz CT molecular complexity index is 1880. The largest absolute Gasteiger partial charge is 0.480 e. The van der Waals surface area contributed by atoms with Crippen LogP contribution in [0.15, 0.2) is 152 Å². The number of benzene rings is 5. The Morgan fingerprint density at radius 1 is 0.776 bits per heavy atom. The summed E-state index contributed by atoms with van der Waals surface area (Å²) in [5.41, 5.74) is 6.90. The van der Waals surface area contributed by atoms with Gasteiger partial charge in [-0.1, -0.05) is 133 Å². The maximum Gasteiger partial charge on any atom is 0.326 e. The average Bonchev–Trinajstić information content (AvgIpc) is 3.63. The molecule has 0 aliphatic heterocycles. The number of aryl methyl sites for hydroxylation is 2. The van der Waals surface area contributed by atoms with E-state index in [1.165, 1.54) is 0 Å². The number of nitrogens with one attached hydrogen (secondary N) is 1. The number of imidazole rings is 1. The summed E-state index contributed by atoms with van der Waals surface area (Å²) in [4.78, 5) is 30.3. The van der Waals surface area contributed by atoms with E-state index in [1.807, 2.05) is 79.3 Å². The van der Waals surface area contributed by atoms with Gasteiger partial charge in [0.05, 0.1) is 12.0 Å². The number of carboxylic acids is 1. The van der Waals surface area contributed by atoms with Crippen LogP contribution in [0.4, 0.5) is 0 Å². The molecule has 246 valence electrons. The van der Waals surface area contributed by atoms with Crippen LogP contribution in [0.5, 0.6) is 0 Å². The third-order valence-corrected chi connectivity index (χ3v) is 9.54. The molecule has 1 unspecified atom stereocenters. The van der Waals surface area contributed by atoms with Crippen molar-refractivity contribution in [2.45, 2.75) is 30.8 Å². The first kappa shape index (κ1) is 33.5. The normalized spacial score (nSPS) is 11.9. The minimum Gasteiger partial charge on any atom is -0.480 e. The number of aromatic nitrogens is 2. The van der Waals surface area contributed by atoms with E-state index in [-0.39, 0.29) is 0 Å². The summed E-state index contributed by atoms with van der Waals surface area (Å²) in [5, 5.41) is 12.5. The Balaban J connectivity index is 1.32. The fraction of sp³-hybridized carbons (Fsp3) is 0.167. The highest BCUT2D eigenvalue weighted by Gasteiger charge is 2.38. The minimum atomic E-state index is -1.03. The number of hydrogen-bond donors (Lipinski definition) is 2. The molecule has 5 aromatic carbocycles. The molecule has 0 fully saturated rings. The zero-order chi connectivity index (χ0) is 34.1. The number of hydrogen-bond acceptors (Lipinski definition) is 4. The number of carbonyl (C=O) groups is 2. The molecule has 6 aromatic rings. The molecule has 0 saturated carbocycles. The van der Waals surface area contributed by atoms with Gasteiger partial charge in [0.2, 0.25) is 0 Å². The van der Waals surface area contributed by atoms with Gasteiger partial charge in [-0.05, 0) is 70.7 Å². The van der Waals surface area contributed by atoms with Crippen LogP contribution in [0.3, 0.4) is 0 Å². The van der Waals surface area contributed by atoms with Crippen LogP contribution in [0.25, 0.3) is 11.1 Å². The van der Waals surface area contributed by atoms with Crippen LogP contribution in [0.2, 0.25) is 0 Å². The second-order valence-electron chi connectivity index (χ2n) is 12.0. The van der Waals surface area contributed by atoms with E-state index in [1.54, 1.807) is 11.8 Å². The van der Waals surface area contributed by atoms with E-state index in [9.17, 15) is 14.7 Å². The summed E-state index contributed by atoms with van der Waals surface area (Å²) in [6, 6.07) is 46.2. The van der Waals surface area contributed by atoms with Gasteiger partial charge in [0.15, 0.2) is 0 Å². The summed E-state index contributed by atoms with van der Waals surface area (Å²) in [6.45, 7) is 0. The lowest BCUT2D eigenvalue weighted by Gasteiger charge is -2.37. The predicted molar refractivity (Wildman–Crippen MR) is 198 cm³/mol. The highest BCUT2D eigenvalue weighted by atomic mass is 32.2. The first-order valence-corrected chi connectivity index (χ1v) is 17.8. The third kappa shape index (κ3) is 7.37. The molecule has 0 aliphatic rings. The van der Waals surface area contributed by atoms with Crippen LogP contribution in [-0.2, 0) is 23.2 Å². The van der Waals surface area contributed by atoms with E-state index in [4.69, 9.17) is 4.98 Å². The maximum atomic E-state index is 13.5. The Morgan fingerprint density at radius 3 is 1.86 bits per heavy atom. The number of thioether (sulfide) groups is 1. The Labute approximate surface area is 291 Å². The lowest BCUT2D eigenvalue weighted by molar-refractivity contribution is -0.139. The molecule has 6 nitrogen and oxygen atoms in total. The minimum absolute atomic E-state index is 0.355. The second kappa shape index (κ2) is 15.7. The van der Waals surface area contributed by atoms with Crippen LogP contribution >= 0.6 is 11.8 Å². The molecule has 6 rings (SSSR count). The van der Waals surface area contributed by atoms with E-state index < -0.39 is 23.5 Å². The Morgan fingerprint density at radius 2 is 1.33 bits per heavy atom. The molecule has 49 heavy (non-hydrogen) atoms. The summed E-state index contributed by atoms with van der Waals surface area (Å²) in [7, 11) is 0. The fourth-order valence-corrected chi connectivity index (χ4v) is 6.94. The van der Waals surface area contributed by atoms with Gasteiger partial charge in [-0.15, -0.1) is 0 Å². The topological polar surface area (TPSA) is 84.2 Å². The number of carbonyl (C=O) groups excluding carboxylic acids is 1. The molecular formula is C42H39N3O3S. The number of rotatable bonds is 14. The quantitative estimate of drug-likeness (QED) is 0.115. The van der Waals surface area contributed by atoms with Crippen LogP contribution < -0.4 is 5.32 Å². The number of nitrogens with zero attached hydrogens (tertiary/aromatic N) is 2. The van der Waals surface area contributed by atoms with Crippen molar-refractivity contribution >= 4 is 23.6 Å². The monoisotopic (exact) mass is 665 g/mol. The molecule has 1 amide bonds. The third-order valence-electron chi connectivity index (χ3n) is 8.90. The zero-order valence-electron chi connectivity index (χ0n) is 27.4. The van der Waals surface area contributed by atoms with Gasteiger partial charge in [-0.3, -0.25) is 4.79 Å². The average molecular weight is 666 g/mol. The molecule has 0 radical (unpaired) electrons. The van der Waals surface area contributed by atoms with Crippen molar-refractivity contribution in [2.24, 2.45) is 0 Å². The molecule has 1 heterocycles. The standard InChI is InChI=1S/C42H39N3O3S/c1-49-27-26-39(41(47)48)44-40(46)37-25-23-31(28-38(37)32-14-6-2-7-15-32)22-24-36-29-45(30-43-36)42(33-16-8-3-9-17-33,34-18-10-4-11-19-34)35-20-12-5-13-21-35/h2-21,23,25,28-30,39H,22,24,26-27H2,1H3,(H,44,46)(H,47,48). The van der Waals surface area contributed by atoms with Crippen molar-refractivity contribution in [3.63, 3.8) is 0 Å². The fourth-order valence-electron chi connectivity index (χ4n) is 6.46. The molecule has 0 bridgehead atoms. The Kier molecular flexibility index (Phi) is 10.7. The van der Waals surface area contributed by atoms with Crippen molar-refractivity contribution in [3.05, 3.63) is 186 Å². The van der Waals surface area contributed by atoms with Crippen molar-refractivity contribution in [3.8, 4) is 11.1 Å². The van der Waals surface area contributed by atoms with E-state index >= 15 is 0 Å². The van der Waals surface area contributed by atoms with E-state index in [0.717, 1.165) is 39.1 Å². The maximum absolute atomic E-state index is 13.5. The lowest BCUT2D eigenvalue weighted by Crippen LogP contribution is -2.41. The van der Waals surface area contributed by atoms with Crippen LogP contribution in [0.1, 0.15) is 44.7 Å². The zero-order valence-corrected chi connectivity index (χ0v) is 28.2. The highest BCUT2D eigenvalue weighted by molar-refractivity contribution is 7.98. The molecular weight excluding hydrogens is 627 g/mol. The van der Waals surface area contributed by atoms with Gasteiger partial charge in [-0.2, -0.15) is 11.8 Å². The number of amides is 1. The predicted octanol–water partition coefficient (Wildman–Crippen LogP) is 8.11. The van der Waals surface area contributed by atoms with Gasteiger partial charge < -0.3 is 15.0 Å². The molecule has 1 aromatic heterocycles. The van der Waals surface area contributed by atoms with Crippen molar-refractivity contribution in [1.82, 2.24) is 14.9 Å². The van der Waals surface area contributed by atoms with Gasteiger partial charge in [0, 0.05) is 11.8 Å². The first-order valence-electron chi connectivity index (χ1n) is 16.4. The van der Waals surface area contributed by atoms with Gasteiger partial charge in [-0.25, -0.2) is 9.78 Å². The SMILES string of the molecule is CSCCC(NC(=O)c1ccc(CCc2cn(C(c3ccccc3)(c3ccccc3)c3ccccc3)cn2)cc1-c1ccccc1)C(=O)O. The summed E-state index contributed by atoms with van der Waals surface area (Å²) < 4.78 is 2.22. The summed E-state index contributed by atoms with van der Waals surface area (Å²) in [5.74, 6) is -0.784. The van der Waals surface area contributed by atoms with Crippen LogP contribution in [0, 0.1) is 0 Å². The lowest BCUT2D eigenvalue weighted by atomic mass is 9.77. The second-order valence-corrected chi connectivity index (χ2v) is 13.0. The molecule has 0 spiro atoms. The van der Waals surface area contributed by atoms with Crippen LogP contribution in [-0.4, -0.2) is 44.6 Å². The van der Waals surface area contributed by atoms with Gasteiger partial charge in [0.1, 0.15) is 11.6 Å². The summed E-state index contributed by atoms with van der Waals surface area (Å²) in [6.07, 6.45) is 7.75. The number of carboxylic acid groups (broad SMARTS) is 1. The molecule has 0 aliphatic carbocycles. The number of aliphatic carboxylic acids is 1. The first-order chi connectivity index (χ1) is 24.0. The van der Waals surface area contributed by atoms with Crippen molar-refractivity contribution in [1.29, 1.82) is 0 Å². The van der Waals surface area contributed by atoms with Crippen molar-refractivity contribution < 1.29 is 14.7 Å². The molecule has 2 N–H and O–H groups in total. The summed E-state index contributed by atoms with van der Waals surface area (Å²) >= 11 is 1.55. The smallest absolute Gasteiger partial charge is 0.326 e. The van der Waals surface area contributed by atoms with E-state index in [0.29, 0.717) is 30.6 Å². The highest BCUT2D eigenvalue weighted by Crippen LogP contribution is 2.41. The molecule has 1 atom stereocenters. The van der Waals surface area contributed by atoms with Gasteiger partial charge >= 0.3 is 5.97 Å².